The lowest BCUT2D eigenvalue weighted by Crippen LogP contribution is -2.55. The summed E-state index contributed by atoms with van der Waals surface area (Å²) in [5, 5.41) is 79.6. The molecule has 0 aromatic heterocycles. The molecule has 8 rings (SSSR count). The number of β-amino-alcohol motifs (C(OH)–C–C–N with tert-alkyl or cyclic N) is 1. The van der Waals surface area contributed by atoms with E-state index in [-0.39, 0.29) is 119 Å². The van der Waals surface area contributed by atoms with Gasteiger partial charge >= 0.3 is 20.6 Å². The van der Waals surface area contributed by atoms with Gasteiger partial charge in [-0.05, 0) is 187 Å². The second-order valence-corrected chi connectivity index (χ2v) is 39.7. The Bertz CT molecular complexity index is 3180. The summed E-state index contributed by atoms with van der Waals surface area (Å²) < 4.78 is 64.2. The summed E-state index contributed by atoms with van der Waals surface area (Å²) in [6, 6.07) is -2.28. The second kappa shape index (κ2) is 46.9. The highest BCUT2D eigenvalue weighted by Crippen LogP contribution is 2.67. The fourth-order valence-corrected chi connectivity index (χ4v) is 21.5. The van der Waals surface area contributed by atoms with Crippen LogP contribution in [-0.4, -0.2) is 249 Å². The summed E-state index contributed by atoms with van der Waals surface area (Å²) in [5.74, 6) is 2.16. The van der Waals surface area contributed by atoms with Crippen molar-refractivity contribution < 1.29 is 121 Å². The van der Waals surface area contributed by atoms with Crippen molar-refractivity contribution in [2.45, 2.75) is 340 Å². The number of carbonyl (C=O) groups excluding carboxylic acids is 6. The highest BCUT2D eigenvalue weighted by atomic mass is 32.5. The van der Waals surface area contributed by atoms with Crippen LogP contribution >= 0.6 is 14.5 Å². The van der Waals surface area contributed by atoms with E-state index in [0.29, 0.717) is 114 Å². The predicted octanol–water partition coefficient (Wildman–Crippen LogP) is 8.83. The molecule has 0 radical (unpaired) electrons. The van der Waals surface area contributed by atoms with Crippen LogP contribution in [-0.2, 0) is 82.1 Å². The first kappa shape index (κ1) is 97.2. The van der Waals surface area contributed by atoms with E-state index in [9.17, 15) is 78.9 Å². The van der Waals surface area contributed by atoms with Gasteiger partial charge in [-0.15, -0.1) is 0 Å². The number of amides is 5. The zero-order valence-electron chi connectivity index (χ0n) is 69.7. The number of aliphatic hydroxyl groups is 7. The summed E-state index contributed by atoms with van der Waals surface area (Å²) in [6.45, 7) is 11.3. The summed E-state index contributed by atoms with van der Waals surface area (Å²) in [7, 11) is -3.64. The lowest BCUT2D eigenvalue weighted by Gasteiger charge is -2.58. The van der Waals surface area contributed by atoms with Crippen LogP contribution in [0.25, 0.3) is 0 Å². The SMILES string of the molecule is COP(O)(=S)OCC1C[C@@H](OP(=O)(O)OCC2C[C@@H](O)CN2C(=O)CCCCCCC(=O)[C@H](CCCCNC(=O)CCCCOC2OC(CO)C(O)C(O)C2C)NC(=O)CCCCOC2OC(CO)C(O)C(O)C2C)CN1C(=O)CCCCCNC(=O)OC1CC[C@@]2(C)C(=CCC3C4CCC(C(C)CCCC(C)C)[C@@]4(C)CCC32)C1. The third kappa shape index (κ3) is 28.4. The number of alkyl carbamates (subject to hydrolysis) is 1. The molecule has 4 aliphatic heterocycles. The molecule has 20 unspecified atom stereocenters. The molecule has 662 valence electrons. The Morgan fingerprint density at radius 1 is 0.626 bits per heavy atom. The molecule has 0 aromatic rings. The molecule has 7 fully saturated rings. The molecule has 4 saturated heterocycles. The number of likely N-dealkylation sites (tertiary alicyclic amines) is 2. The molecule has 4 aliphatic carbocycles. The van der Waals surface area contributed by atoms with E-state index in [4.69, 9.17) is 53.6 Å². The number of unbranched alkanes of at least 4 members (excludes halogenated alkanes) is 8. The number of nitrogens with one attached hydrogen (secondary N) is 3. The van der Waals surface area contributed by atoms with Crippen LogP contribution in [0, 0.1) is 58.2 Å². The van der Waals surface area contributed by atoms with Gasteiger partial charge < -0.3 is 104 Å². The normalized spacial score (nSPS) is 33.6. The fraction of sp³-hybridized carbons (Fsp3) is 0.902. The lowest BCUT2D eigenvalue weighted by atomic mass is 9.47. The van der Waals surface area contributed by atoms with E-state index < -0.39 is 132 Å². The molecule has 115 heavy (non-hydrogen) atoms. The number of Topliss-reactive ketones (excluding diaryl/α,β-unsaturated/α-hetero) is 1. The molecule has 0 aromatic carbocycles. The van der Waals surface area contributed by atoms with Crippen molar-refractivity contribution in [1.82, 2.24) is 25.8 Å². The van der Waals surface area contributed by atoms with Crippen molar-refractivity contribution in [2.75, 3.05) is 72.9 Å². The third-order valence-electron chi connectivity index (χ3n) is 26.7. The van der Waals surface area contributed by atoms with E-state index in [2.05, 4.69) is 56.6 Å². The Labute approximate surface area is 687 Å². The topological polar surface area (TPSA) is 427 Å². The Balaban J connectivity index is 0.717. The molecule has 33 heteroatoms. The van der Waals surface area contributed by atoms with Crippen LogP contribution in [0.5, 0.6) is 0 Å². The number of aliphatic hydroxyl groups excluding tert-OH is 7. The maximum absolute atomic E-state index is 13.9. The van der Waals surface area contributed by atoms with Crippen LogP contribution in [0.3, 0.4) is 0 Å². The Hall–Kier alpha value is -3.24. The zero-order valence-corrected chi connectivity index (χ0v) is 72.3. The number of phosphoric ester groups is 1. The minimum Gasteiger partial charge on any atom is -0.446 e. The Morgan fingerprint density at radius 2 is 1.20 bits per heavy atom. The van der Waals surface area contributed by atoms with Crippen molar-refractivity contribution in [2.24, 2.45) is 58.2 Å². The molecule has 25 atom stereocenters. The zero-order chi connectivity index (χ0) is 83.8. The minimum atomic E-state index is -4.85. The van der Waals surface area contributed by atoms with Gasteiger partial charge in [-0.25, -0.2) is 9.36 Å². The van der Waals surface area contributed by atoms with Gasteiger partial charge in [0, 0.05) is 96.9 Å². The number of carbonyl (C=O) groups is 6. The van der Waals surface area contributed by atoms with Gasteiger partial charge in [0.2, 0.25) is 23.6 Å². The van der Waals surface area contributed by atoms with Crippen LogP contribution < -0.4 is 16.0 Å². The van der Waals surface area contributed by atoms with Crippen molar-refractivity contribution in [3.05, 3.63) is 11.6 Å². The van der Waals surface area contributed by atoms with E-state index in [0.717, 1.165) is 55.3 Å². The van der Waals surface area contributed by atoms with Gasteiger partial charge in [0.05, 0.1) is 69.0 Å². The quantitative estimate of drug-likeness (QED) is 0.0154. The first-order chi connectivity index (χ1) is 54.7. The molecule has 4 heterocycles. The molecule has 0 spiro atoms. The van der Waals surface area contributed by atoms with Gasteiger partial charge in [-0.2, -0.15) is 0 Å². The molecule has 12 N–H and O–H groups in total. The Kier molecular flexibility index (Phi) is 39.6. The second-order valence-electron chi connectivity index (χ2n) is 35.4. The van der Waals surface area contributed by atoms with Crippen LogP contribution in [0.2, 0.25) is 0 Å². The van der Waals surface area contributed by atoms with Crippen molar-refractivity contribution in [1.29, 1.82) is 0 Å². The minimum absolute atomic E-state index is 0.0214. The molecule has 5 amide bonds. The summed E-state index contributed by atoms with van der Waals surface area (Å²) >= 11 is 5.07. The van der Waals surface area contributed by atoms with E-state index in [1.807, 2.05) is 0 Å². The number of phosphoric acid groups is 1. The maximum atomic E-state index is 13.9. The van der Waals surface area contributed by atoms with Gasteiger partial charge in [0.1, 0.15) is 30.5 Å². The highest BCUT2D eigenvalue weighted by Gasteiger charge is 2.60. The number of nitrogens with zero attached hydrogens (tertiary/aromatic N) is 2. The van der Waals surface area contributed by atoms with Gasteiger partial charge in [-0.3, -0.25) is 33.0 Å². The predicted molar refractivity (Wildman–Crippen MR) is 431 cm³/mol. The summed E-state index contributed by atoms with van der Waals surface area (Å²) in [6.07, 6.45) is 12.3. The molecule has 0 bridgehead atoms. The number of rotatable bonds is 49. The van der Waals surface area contributed by atoms with Gasteiger partial charge in [-0.1, -0.05) is 98.6 Å². The molecule has 30 nitrogen and oxygen atoms in total. The summed E-state index contributed by atoms with van der Waals surface area (Å²) in [5.41, 5.74) is 2.04. The first-order valence-corrected chi connectivity index (χ1v) is 47.5. The largest absolute Gasteiger partial charge is 0.472 e. The van der Waals surface area contributed by atoms with E-state index >= 15 is 0 Å². The maximum Gasteiger partial charge on any atom is 0.472 e. The van der Waals surface area contributed by atoms with Crippen molar-refractivity contribution in [3.63, 3.8) is 0 Å². The van der Waals surface area contributed by atoms with Gasteiger partial charge in [0.25, 0.3) is 0 Å². The molecular formula is C82H143N5O25P2S. The van der Waals surface area contributed by atoms with Crippen molar-refractivity contribution >= 4 is 61.9 Å². The standard InChI is InChI=1S/C82H143N5O25P2S/c1-52(2)23-22-24-53(3)63-33-34-64-62-32-31-56-43-60(35-37-81(56,6)65(62)36-38-82(63,64)7)109-80(100)84-40-18-11-14-30-73(95)87-47-61(45-58(87)51-108-114(103,115)104-8)112-113(101,102)107-50-57-44-59(90)46-86(57)72(94)29-13-10-9-12-26-67(91)66(85-71(93)28-17-21-42-106-79-55(5)75(97)77(99)69(49-89)111-79)25-15-19-39-83-70(92)27-16-20-41-105-78-54(4)74(96)76(98)68(48-88)110-78/h31,52-55,57-66,68-69,74-79,88-90,96-99H,9-30,32-51H2,1-8H3,(H,83,92)(H,84,100)(H,85,93)(H,101,102)(H,103,115)/t53?,54?,55?,57?,58?,59-,60?,61-,62?,63?,64?,65?,66+,68?,69?,74?,75?,76?,77?,78?,79?,81+,82-,114?/m1/s1. The van der Waals surface area contributed by atoms with E-state index in [1.165, 1.54) is 67.4 Å². The van der Waals surface area contributed by atoms with Crippen molar-refractivity contribution in [3.8, 4) is 0 Å². The molecular weight excluding hydrogens is 1550 g/mol. The number of allylic oxidation sites excluding steroid dienone is 1. The number of fused-ring (bicyclic) bond motifs is 5. The van der Waals surface area contributed by atoms with Crippen LogP contribution in [0.1, 0.15) is 254 Å². The molecule has 3 saturated carbocycles. The van der Waals surface area contributed by atoms with Crippen LogP contribution in [0.4, 0.5) is 4.79 Å². The fourth-order valence-electron chi connectivity index (χ4n) is 19.9. The smallest absolute Gasteiger partial charge is 0.446 e. The Morgan fingerprint density at radius 3 is 1.83 bits per heavy atom. The number of hydrogen-bond acceptors (Lipinski definition) is 24. The number of hydrogen-bond donors (Lipinski definition) is 12. The first-order valence-electron chi connectivity index (χ1n) is 43.4. The summed E-state index contributed by atoms with van der Waals surface area (Å²) in [4.78, 5) is 105. The average Bonchev–Trinajstić information content (AvgIpc) is 1.67. The van der Waals surface area contributed by atoms with Crippen LogP contribution in [0.15, 0.2) is 11.6 Å². The average molecular weight is 1690 g/mol. The third-order valence-corrected chi connectivity index (χ3v) is 29.5. The molecule has 8 aliphatic rings. The number of ketones is 1. The monoisotopic (exact) mass is 1690 g/mol. The highest BCUT2D eigenvalue weighted by molar-refractivity contribution is 8.07. The lowest BCUT2D eigenvalue weighted by molar-refractivity contribution is -0.282. The number of ether oxygens (including phenoxy) is 5. The van der Waals surface area contributed by atoms with Gasteiger partial charge in [0.15, 0.2) is 18.4 Å². The van der Waals surface area contributed by atoms with E-state index in [1.54, 1.807) is 13.8 Å².